The predicted molar refractivity (Wildman–Crippen MR) is 89.9 cm³/mol. The molecule has 0 bridgehead atoms. The summed E-state index contributed by atoms with van der Waals surface area (Å²) in [6, 6.07) is 1.73. The number of esters is 2. The van der Waals surface area contributed by atoms with Crippen molar-refractivity contribution in [3.05, 3.63) is 22.7 Å². The molecule has 0 N–H and O–H groups in total. The van der Waals surface area contributed by atoms with Crippen molar-refractivity contribution in [3.63, 3.8) is 0 Å². The first-order valence-electron chi connectivity index (χ1n) is 7.66. The van der Waals surface area contributed by atoms with E-state index < -0.39 is 11.9 Å². The summed E-state index contributed by atoms with van der Waals surface area (Å²) >= 11 is 1.41. The van der Waals surface area contributed by atoms with Crippen molar-refractivity contribution in [1.29, 1.82) is 0 Å². The number of thiophene rings is 1. The van der Waals surface area contributed by atoms with Crippen molar-refractivity contribution in [2.75, 3.05) is 44.9 Å². The molecule has 0 spiro atoms. The lowest BCUT2D eigenvalue weighted by Crippen LogP contribution is -2.36. The zero-order chi connectivity index (χ0) is 17.1. The molecule has 0 unspecified atom stereocenters. The number of methoxy groups -OCH3 is 1. The van der Waals surface area contributed by atoms with Crippen molar-refractivity contribution in [2.45, 2.75) is 6.92 Å². The number of hydrogen-bond donors (Lipinski definition) is 0. The number of fused-ring (bicyclic) bond motifs is 1. The number of morpholine rings is 1. The molecule has 1 aliphatic rings. The van der Waals surface area contributed by atoms with E-state index in [1.54, 1.807) is 18.4 Å². The van der Waals surface area contributed by atoms with Crippen LogP contribution in [-0.2, 0) is 14.2 Å². The van der Waals surface area contributed by atoms with E-state index in [-0.39, 0.29) is 12.3 Å². The van der Waals surface area contributed by atoms with E-state index in [1.165, 1.54) is 18.4 Å². The maximum absolute atomic E-state index is 12.2. The monoisotopic (exact) mass is 350 g/mol. The van der Waals surface area contributed by atoms with Crippen LogP contribution in [-0.4, -0.2) is 56.9 Å². The molecule has 0 amide bonds. The first-order chi connectivity index (χ1) is 11.7. The second-order valence-corrected chi connectivity index (χ2v) is 6.04. The van der Waals surface area contributed by atoms with Gasteiger partial charge in [0.2, 0.25) is 0 Å². The third kappa shape index (κ3) is 3.07. The first kappa shape index (κ1) is 16.7. The fourth-order valence-electron chi connectivity index (χ4n) is 2.60. The van der Waals surface area contributed by atoms with E-state index in [2.05, 4.69) is 9.88 Å². The summed E-state index contributed by atoms with van der Waals surface area (Å²) in [5.41, 5.74) is 1.89. The molecule has 1 fully saturated rings. The number of hydrogen-bond acceptors (Lipinski definition) is 8. The van der Waals surface area contributed by atoms with E-state index in [9.17, 15) is 9.59 Å². The Morgan fingerprint density at radius 1 is 1.33 bits per heavy atom. The molecule has 0 radical (unpaired) electrons. The second-order valence-electron chi connectivity index (χ2n) is 5.17. The Morgan fingerprint density at radius 2 is 2.08 bits per heavy atom. The topological polar surface area (TPSA) is 78.0 Å². The number of rotatable bonds is 4. The highest BCUT2D eigenvalue weighted by Crippen LogP contribution is 2.35. The van der Waals surface area contributed by atoms with Crippen LogP contribution in [0.1, 0.15) is 27.8 Å². The third-order valence-electron chi connectivity index (χ3n) is 3.74. The molecule has 8 heteroatoms. The van der Waals surface area contributed by atoms with Crippen LogP contribution in [0.25, 0.3) is 10.2 Å². The summed E-state index contributed by atoms with van der Waals surface area (Å²) in [4.78, 5) is 30.6. The van der Waals surface area contributed by atoms with Gasteiger partial charge in [-0.2, -0.15) is 0 Å². The van der Waals surface area contributed by atoms with Gasteiger partial charge in [-0.15, -0.1) is 11.3 Å². The van der Waals surface area contributed by atoms with Gasteiger partial charge in [-0.3, -0.25) is 0 Å². The molecular formula is C16H18N2O5S. The molecule has 7 nitrogen and oxygen atoms in total. The molecule has 0 saturated carbocycles. The molecule has 2 aromatic rings. The van der Waals surface area contributed by atoms with Gasteiger partial charge >= 0.3 is 11.9 Å². The van der Waals surface area contributed by atoms with Gasteiger partial charge in [0.1, 0.15) is 0 Å². The normalized spacial score (nSPS) is 14.7. The van der Waals surface area contributed by atoms with Gasteiger partial charge in [-0.25, -0.2) is 14.6 Å². The van der Waals surface area contributed by atoms with Crippen LogP contribution in [0.2, 0.25) is 0 Å². The third-order valence-corrected chi connectivity index (χ3v) is 4.74. The lowest BCUT2D eigenvalue weighted by molar-refractivity contribution is 0.0518. The van der Waals surface area contributed by atoms with Crippen LogP contribution in [0.15, 0.2) is 11.4 Å². The number of ether oxygens (including phenoxy) is 3. The molecule has 24 heavy (non-hydrogen) atoms. The number of pyridine rings is 1. The molecule has 0 atom stereocenters. The largest absolute Gasteiger partial charge is 0.465 e. The highest BCUT2D eigenvalue weighted by atomic mass is 32.1. The van der Waals surface area contributed by atoms with E-state index in [0.717, 1.165) is 10.4 Å². The van der Waals surface area contributed by atoms with Gasteiger partial charge in [0.05, 0.1) is 48.4 Å². The highest BCUT2D eigenvalue weighted by Gasteiger charge is 2.23. The van der Waals surface area contributed by atoms with E-state index in [4.69, 9.17) is 14.2 Å². The summed E-state index contributed by atoms with van der Waals surface area (Å²) in [5, 5.41) is 1.71. The van der Waals surface area contributed by atoms with Crippen molar-refractivity contribution in [3.8, 4) is 0 Å². The van der Waals surface area contributed by atoms with Gasteiger partial charge in [-0.05, 0) is 13.0 Å². The van der Waals surface area contributed by atoms with Crippen molar-refractivity contribution < 1.29 is 23.8 Å². The fraction of sp³-hybridized carbons (Fsp3) is 0.438. The van der Waals surface area contributed by atoms with Crippen LogP contribution in [0.3, 0.4) is 0 Å². The summed E-state index contributed by atoms with van der Waals surface area (Å²) in [6.45, 7) is 4.67. The Labute approximate surface area is 143 Å². The van der Waals surface area contributed by atoms with Crippen molar-refractivity contribution in [2.24, 2.45) is 0 Å². The average molecular weight is 350 g/mol. The molecule has 1 saturated heterocycles. The first-order valence-corrected chi connectivity index (χ1v) is 8.54. The molecule has 3 rings (SSSR count). The molecule has 2 aromatic heterocycles. The number of nitrogens with zero attached hydrogens (tertiary/aromatic N) is 2. The highest BCUT2D eigenvalue weighted by molar-refractivity contribution is 7.18. The fourth-order valence-corrected chi connectivity index (χ4v) is 3.62. The lowest BCUT2D eigenvalue weighted by Gasteiger charge is -2.29. The average Bonchev–Trinajstić information content (AvgIpc) is 3.05. The van der Waals surface area contributed by atoms with Gasteiger partial charge in [0.15, 0.2) is 5.69 Å². The van der Waals surface area contributed by atoms with Crippen LogP contribution in [0.4, 0.5) is 5.69 Å². The number of anilines is 1. The minimum atomic E-state index is -0.504. The van der Waals surface area contributed by atoms with Crippen molar-refractivity contribution >= 4 is 39.2 Å². The van der Waals surface area contributed by atoms with Gasteiger partial charge in [-0.1, -0.05) is 0 Å². The Hall–Kier alpha value is -2.19. The van der Waals surface area contributed by atoms with Gasteiger partial charge in [0, 0.05) is 18.5 Å². The number of aromatic nitrogens is 1. The quantitative estimate of drug-likeness (QED) is 0.781. The maximum Gasteiger partial charge on any atom is 0.357 e. The number of carbonyl (C=O) groups excluding carboxylic acids is 2. The smallest absolute Gasteiger partial charge is 0.357 e. The summed E-state index contributed by atoms with van der Waals surface area (Å²) in [7, 11) is 1.32. The molecule has 3 heterocycles. The SMILES string of the molecule is CCOC(=O)c1cc(N2CCOCC2)c2scc(C(=O)OC)c2n1. The van der Waals surface area contributed by atoms with E-state index in [0.29, 0.717) is 37.4 Å². The van der Waals surface area contributed by atoms with Gasteiger partial charge < -0.3 is 19.1 Å². The van der Waals surface area contributed by atoms with Crippen LogP contribution >= 0.6 is 11.3 Å². The molecular weight excluding hydrogens is 332 g/mol. The van der Waals surface area contributed by atoms with Crippen LogP contribution in [0, 0.1) is 0 Å². The predicted octanol–water partition coefficient (Wildman–Crippen LogP) is 2.10. The minimum Gasteiger partial charge on any atom is -0.465 e. The van der Waals surface area contributed by atoms with E-state index in [1.807, 2.05) is 0 Å². The van der Waals surface area contributed by atoms with Crippen LogP contribution < -0.4 is 4.90 Å². The Bertz CT molecular complexity index is 767. The standard InChI is InChI=1S/C16H18N2O5S/c1-3-23-16(20)11-8-12(18-4-6-22-7-5-18)14-13(17-11)10(9-24-14)15(19)21-2/h8-9H,3-7H2,1-2H3. The zero-order valence-electron chi connectivity index (χ0n) is 13.5. The lowest BCUT2D eigenvalue weighted by atomic mass is 10.2. The Balaban J connectivity index is 2.15. The molecule has 1 aliphatic heterocycles. The molecule has 0 aliphatic carbocycles. The Kier molecular flexibility index (Phi) is 4.96. The number of carbonyl (C=O) groups is 2. The summed E-state index contributed by atoms with van der Waals surface area (Å²) < 4.78 is 16.1. The van der Waals surface area contributed by atoms with Crippen molar-refractivity contribution in [1.82, 2.24) is 4.98 Å². The van der Waals surface area contributed by atoms with E-state index >= 15 is 0 Å². The minimum absolute atomic E-state index is 0.189. The summed E-state index contributed by atoms with van der Waals surface area (Å²) in [5.74, 6) is -0.974. The zero-order valence-corrected chi connectivity index (χ0v) is 14.4. The molecule has 0 aromatic carbocycles. The van der Waals surface area contributed by atoms with Crippen LogP contribution in [0.5, 0.6) is 0 Å². The molecule has 128 valence electrons. The maximum atomic E-state index is 12.2. The Morgan fingerprint density at radius 3 is 2.75 bits per heavy atom. The summed E-state index contributed by atoms with van der Waals surface area (Å²) in [6.07, 6.45) is 0. The van der Waals surface area contributed by atoms with Gasteiger partial charge in [0.25, 0.3) is 0 Å². The second kappa shape index (κ2) is 7.14.